The Bertz CT molecular complexity index is 157. The molecule has 0 saturated carbocycles. The summed E-state index contributed by atoms with van der Waals surface area (Å²) in [5.74, 6) is 0. The first-order valence-electron chi connectivity index (χ1n) is 3.52. The van der Waals surface area contributed by atoms with Gasteiger partial charge in [0.15, 0.2) is 5.17 Å². The maximum absolute atomic E-state index is 8.45. The molecule has 0 saturated heterocycles. The van der Waals surface area contributed by atoms with Crippen LogP contribution in [0.5, 0.6) is 0 Å². The fourth-order valence-electron chi connectivity index (χ4n) is 0.600. The van der Waals surface area contributed by atoms with Crippen LogP contribution in [0, 0.1) is 0 Å². The molecule has 0 radical (unpaired) electrons. The third-order valence-corrected chi connectivity index (χ3v) is 1.37. The minimum absolute atomic E-state index is 0.0506. The molecule has 3 N–H and O–H groups in total. The molecule has 0 aliphatic heterocycles. The van der Waals surface area contributed by atoms with Crippen LogP contribution >= 0.6 is 12.0 Å². The Morgan fingerprint density at radius 1 is 1.82 bits per heavy atom. The number of allylic oxidation sites excluding steroid dienone is 1. The normalized spacial score (nSPS) is 15.7. The van der Waals surface area contributed by atoms with Crippen molar-refractivity contribution in [2.24, 2.45) is 10.7 Å². The van der Waals surface area contributed by atoms with E-state index in [-0.39, 0.29) is 11.2 Å². The van der Waals surface area contributed by atoms with E-state index in [0.717, 1.165) is 6.42 Å². The van der Waals surface area contributed by atoms with Crippen LogP contribution < -0.4 is 5.73 Å². The van der Waals surface area contributed by atoms with Crippen LogP contribution in [0.2, 0.25) is 0 Å². The van der Waals surface area contributed by atoms with E-state index in [9.17, 15) is 0 Å². The molecular weight excluding hydrogens is 160 g/mol. The maximum atomic E-state index is 8.45. The molecule has 0 aromatic rings. The summed E-state index contributed by atoms with van der Waals surface area (Å²) in [5, 5.41) is 0.207. The van der Waals surface area contributed by atoms with Crippen molar-refractivity contribution in [2.75, 3.05) is 0 Å². The molecule has 64 valence electrons. The quantitative estimate of drug-likeness (QED) is 0.297. The lowest BCUT2D eigenvalue weighted by molar-refractivity contribution is 0.672. The lowest BCUT2D eigenvalue weighted by atomic mass is 10.3. The zero-order chi connectivity index (χ0) is 8.69. The van der Waals surface area contributed by atoms with E-state index in [1.807, 2.05) is 19.1 Å². The maximum Gasteiger partial charge on any atom is 0.181 e. The highest BCUT2D eigenvalue weighted by molar-refractivity contribution is 8.08. The van der Waals surface area contributed by atoms with Crippen LogP contribution in [-0.4, -0.2) is 15.8 Å². The van der Waals surface area contributed by atoms with Crippen LogP contribution in [0.25, 0.3) is 0 Å². The minimum Gasteiger partial charge on any atom is -0.377 e. The zero-order valence-electron chi connectivity index (χ0n) is 6.82. The number of hydrogen-bond donors (Lipinski definition) is 2. The summed E-state index contributed by atoms with van der Waals surface area (Å²) in [5.41, 5.74) is 5.27. The fourth-order valence-corrected chi connectivity index (χ4v) is 0.814. The smallest absolute Gasteiger partial charge is 0.181 e. The Morgan fingerprint density at radius 2 is 2.45 bits per heavy atom. The molecule has 1 unspecified atom stereocenters. The first-order chi connectivity index (χ1) is 5.20. The second-order valence-corrected chi connectivity index (χ2v) is 2.74. The van der Waals surface area contributed by atoms with Gasteiger partial charge < -0.3 is 10.3 Å². The highest BCUT2D eigenvalue weighted by Gasteiger charge is 1.93. The van der Waals surface area contributed by atoms with Crippen molar-refractivity contribution in [3.05, 3.63) is 12.2 Å². The van der Waals surface area contributed by atoms with E-state index >= 15 is 0 Å². The van der Waals surface area contributed by atoms with E-state index in [2.05, 4.69) is 11.9 Å². The summed E-state index contributed by atoms with van der Waals surface area (Å²) in [6.07, 6.45) is 4.96. The molecule has 0 rings (SSSR count). The Labute approximate surface area is 71.6 Å². The number of aliphatic imine (C=N–C) groups is 1. The predicted molar refractivity (Wildman–Crippen MR) is 50.7 cm³/mol. The van der Waals surface area contributed by atoms with Crippen LogP contribution in [0.3, 0.4) is 0 Å². The number of amidine groups is 1. The molecule has 0 spiro atoms. The molecule has 0 aromatic carbocycles. The van der Waals surface area contributed by atoms with Gasteiger partial charge in [0.05, 0.1) is 18.1 Å². The molecule has 0 heterocycles. The standard InChI is InChI=1S/C7H14N2OS/c1-3-4-5-6(2)9-7(8)11-10/h4-6,10H,3H2,1-2H3,(H2,8,9)/b5-4-. The molecule has 0 aromatic heterocycles. The molecule has 11 heavy (non-hydrogen) atoms. The van der Waals surface area contributed by atoms with Crippen LogP contribution in [0.4, 0.5) is 0 Å². The Morgan fingerprint density at radius 3 is 2.91 bits per heavy atom. The molecule has 0 amide bonds. The summed E-state index contributed by atoms with van der Waals surface area (Å²) < 4.78 is 8.45. The van der Waals surface area contributed by atoms with Gasteiger partial charge in [-0.1, -0.05) is 19.1 Å². The predicted octanol–water partition coefficient (Wildman–Crippen LogP) is 1.86. The number of rotatable bonds is 3. The van der Waals surface area contributed by atoms with Crippen LogP contribution in [0.1, 0.15) is 20.3 Å². The Kier molecular flexibility index (Phi) is 5.97. The van der Waals surface area contributed by atoms with Gasteiger partial charge in [0.1, 0.15) is 0 Å². The number of hydrogen-bond acceptors (Lipinski definition) is 3. The Balaban J connectivity index is 3.84. The SMILES string of the molecule is CC/C=C\C(C)/N=C(/N)SO. The van der Waals surface area contributed by atoms with Gasteiger partial charge in [-0.15, -0.1) is 0 Å². The molecule has 0 bridgehead atoms. The van der Waals surface area contributed by atoms with E-state index in [1.54, 1.807) is 0 Å². The summed E-state index contributed by atoms with van der Waals surface area (Å²) >= 11 is 0.480. The van der Waals surface area contributed by atoms with Crippen molar-refractivity contribution in [1.82, 2.24) is 0 Å². The van der Waals surface area contributed by atoms with Crippen molar-refractivity contribution in [3.63, 3.8) is 0 Å². The van der Waals surface area contributed by atoms with Gasteiger partial charge in [-0.25, -0.2) is 0 Å². The van der Waals surface area contributed by atoms with Gasteiger partial charge in [-0.05, 0) is 13.3 Å². The van der Waals surface area contributed by atoms with E-state index < -0.39 is 0 Å². The van der Waals surface area contributed by atoms with Gasteiger partial charge in [-0.3, -0.25) is 4.99 Å². The largest absolute Gasteiger partial charge is 0.377 e. The average molecular weight is 174 g/mol. The highest BCUT2D eigenvalue weighted by Crippen LogP contribution is 1.98. The summed E-state index contributed by atoms with van der Waals surface area (Å²) in [6.45, 7) is 3.96. The lowest BCUT2D eigenvalue weighted by Gasteiger charge is -1.98. The van der Waals surface area contributed by atoms with Gasteiger partial charge in [-0.2, -0.15) is 0 Å². The first-order valence-corrected chi connectivity index (χ1v) is 4.29. The Hall–Kier alpha value is -0.480. The molecule has 0 aliphatic carbocycles. The summed E-state index contributed by atoms with van der Waals surface area (Å²) in [7, 11) is 0. The molecule has 0 aliphatic rings. The van der Waals surface area contributed by atoms with Crippen molar-refractivity contribution in [2.45, 2.75) is 26.3 Å². The van der Waals surface area contributed by atoms with E-state index in [0.29, 0.717) is 12.0 Å². The van der Waals surface area contributed by atoms with Crippen molar-refractivity contribution in [1.29, 1.82) is 0 Å². The average Bonchev–Trinajstić information content (AvgIpc) is 2.00. The second kappa shape index (κ2) is 6.24. The van der Waals surface area contributed by atoms with Crippen molar-refractivity contribution >= 4 is 17.2 Å². The fraction of sp³-hybridized carbons (Fsp3) is 0.571. The van der Waals surface area contributed by atoms with Crippen LogP contribution in [0.15, 0.2) is 17.1 Å². The molecule has 0 fully saturated rings. The molecular formula is C7H14N2OS. The lowest BCUT2D eigenvalue weighted by Crippen LogP contribution is -2.09. The van der Waals surface area contributed by atoms with Crippen LogP contribution in [-0.2, 0) is 0 Å². The topological polar surface area (TPSA) is 58.6 Å². The van der Waals surface area contributed by atoms with Gasteiger partial charge in [0.25, 0.3) is 0 Å². The third-order valence-electron chi connectivity index (χ3n) is 1.07. The molecule has 3 nitrogen and oxygen atoms in total. The second-order valence-electron chi connectivity index (χ2n) is 2.14. The van der Waals surface area contributed by atoms with E-state index in [4.69, 9.17) is 10.3 Å². The first kappa shape index (κ1) is 10.5. The van der Waals surface area contributed by atoms with Gasteiger partial charge in [0.2, 0.25) is 0 Å². The number of nitrogens with two attached hydrogens (primary N) is 1. The zero-order valence-corrected chi connectivity index (χ0v) is 7.64. The molecule has 4 heteroatoms. The van der Waals surface area contributed by atoms with Gasteiger partial charge in [0, 0.05) is 0 Å². The highest BCUT2D eigenvalue weighted by atomic mass is 32.2. The summed E-state index contributed by atoms with van der Waals surface area (Å²) in [4.78, 5) is 3.95. The minimum atomic E-state index is 0.0506. The number of nitrogens with zero attached hydrogens (tertiary/aromatic N) is 1. The monoisotopic (exact) mass is 174 g/mol. The van der Waals surface area contributed by atoms with Crippen molar-refractivity contribution < 1.29 is 4.55 Å². The van der Waals surface area contributed by atoms with Gasteiger partial charge >= 0.3 is 0 Å². The third kappa shape index (κ3) is 5.94. The summed E-state index contributed by atoms with van der Waals surface area (Å²) in [6, 6.07) is 0.0506. The van der Waals surface area contributed by atoms with E-state index in [1.165, 1.54) is 0 Å². The molecule has 1 atom stereocenters. The van der Waals surface area contributed by atoms with Crippen molar-refractivity contribution in [3.8, 4) is 0 Å².